The summed E-state index contributed by atoms with van der Waals surface area (Å²) in [7, 11) is -2.14. The Balaban J connectivity index is 1.52. The van der Waals surface area contributed by atoms with Crippen molar-refractivity contribution in [1.29, 1.82) is 0 Å². The first kappa shape index (κ1) is 19.6. The van der Waals surface area contributed by atoms with Crippen LogP contribution in [-0.4, -0.2) is 44.9 Å². The fraction of sp³-hybridized carbons (Fsp3) is 0.421. The topological polar surface area (TPSA) is 88.9 Å². The SMILES string of the molecule is COC(=O)c1ccc(CNC2CCN(S(=O)(=O)c3ccc(C)cc3)CC2)o1. The van der Waals surface area contributed by atoms with Gasteiger partial charge in [-0.2, -0.15) is 4.31 Å². The minimum absolute atomic E-state index is 0.174. The lowest BCUT2D eigenvalue weighted by Crippen LogP contribution is -2.44. The quantitative estimate of drug-likeness (QED) is 0.759. The molecule has 1 aliphatic rings. The van der Waals surface area contributed by atoms with Crippen LogP contribution in [0, 0.1) is 6.92 Å². The number of nitrogens with one attached hydrogen (secondary N) is 1. The molecule has 2 aromatic rings. The highest BCUT2D eigenvalue weighted by Crippen LogP contribution is 2.21. The van der Waals surface area contributed by atoms with Crippen molar-refractivity contribution in [3.63, 3.8) is 0 Å². The molecule has 1 aromatic heterocycles. The molecule has 0 spiro atoms. The Kier molecular flexibility index (Phi) is 5.98. The summed E-state index contributed by atoms with van der Waals surface area (Å²) in [6.45, 7) is 3.35. The highest BCUT2D eigenvalue weighted by molar-refractivity contribution is 7.89. The maximum absolute atomic E-state index is 12.7. The van der Waals surface area contributed by atoms with Crippen LogP contribution in [0.1, 0.15) is 34.7 Å². The van der Waals surface area contributed by atoms with Crippen molar-refractivity contribution >= 4 is 16.0 Å². The third kappa shape index (κ3) is 4.58. The molecular formula is C19H24N2O5S. The monoisotopic (exact) mass is 392 g/mol. The van der Waals surface area contributed by atoms with Crippen LogP contribution in [-0.2, 0) is 21.3 Å². The third-order valence-corrected chi connectivity index (χ3v) is 6.64. The van der Waals surface area contributed by atoms with E-state index in [0.29, 0.717) is 30.3 Å². The highest BCUT2D eigenvalue weighted by Gasteiger charge is 2.29. The van der Waals surface area contributed by atoms with Crippen LogP contribution in [0.5, 0.6) is 0 Å². The maximum Gasteiger partial charge on any atom is 0.373 e. The Hall–Kier alpha value is -2.16. The van der Waals surface area contributed by atoms with Crippen molar-refractivity contribution in [2.45, 2.75) is 37.2 Å². The van der Waals surface area contributed by atoms with E-state index in [-0.39, 0.29) is 11.8 Å². The number of benzene rings is 1. The van der Waals surface area contributed by atoms with E-state index in [1.165, 1.54) is 11.4 Å². The van der Waals surface area contributed by atoms with E-state index in [4.69, 9.17) is 4.42 Å². The number of piperidine rings is 1. The highest BCUT2D eigenvalue weighted by atomic mass is 32.2. The van der Waals surface area contributed by atoms with Crippen molar-refractivity contribution in [2.24, 2.45) is 0 Å². The molecule has 0 amide bonds. The molecule has 0 bridgehead atoms. The van der Waals surface area contributed by atoms with Crippen LogP contribution in [0.3, 0.4) is 0 Å². The molecule has 1 N–H and O–H groups in total. The van der Waals surface area contributed by atoms with Crippen molar-refractivity contribution in [1.82, 2.24) is 9.62 Å². The second-order valence-corrected chi connectivity index (χ2v) is 8.57. The van der Waals surface area contributed by atoms with Gasteiger partial charge in [-0.25, -0.2) is 13.2 Å². The number of methoxy groups -OCH3 is 1. The van der Waals surface area contributed by atoms with E-state index < -0.39 is 16.0 Å². The molecule has 0 aliphatic carbocycles. The summed E-state index contributed by atoms with van der Waals surface area (Å²) in [5.41, 5.74) is 1.03. The van der Waals surface area contributed by atoms with E-state index in [1.54, 1.807) is 24.3 Å². The molecule has 8 heteroatoms. The lowest BCUT2D eigenvalue weighted by molar-refractivity contribution is 0.0562. The van der Waals surface area contributed by atoms with Gasteiger partial charge >= 0.3 is 5.97 Å². The van der Waals surface area contributed by atoms with Crippen molar-refractivity contribution < 1.29 is 22.4 Å². The molecule has 0 saturated carbocycles. The number of ether oxygens (including phenoxy) is 1. The first-order valence-electron chi connectivity index (χ1n) is 8.87. The van der Waals surface area contributed by atoms with Gasteiger partial charge < -0.3 is 14.5 Å². The molecule has 1 saturated heterocycles. The molecule has 0 unspecified atom stereocenters. The minimum Gasteiger partial charge on any atom is -0.463 e. The molecular weight excluding hydrogens is 368 g/mol. The van der Waals surface area contributed by atoms with Gasteiger partial charge in [0.05, 0.1) is 18.6 Å². The van der Waals surface area contributed by atoms with E-state index in [0.717, 1.165) is 18.4 Å². The summed E-state index contributed by atoms with van der Waals surface area (Å²) in [4.78, 5) is 11.7. The van der Waals surface area contributed by atoms with Gasteiger partial charge in [0, 0.05) is 19.1 Å². The standard InChI is InChI=1S/C19H24N2O5S/c1-14-3-6-17(7-4-14)27(23,24)21-11-9-15(10-12-21)20-13-16-5-8-18(26-16)19(22)25-2/h3-8,15,20H,9-13H2,1-2H3. The second-order valence-electron chi connectivity index (χ2n) is 6.63. The Morgan fingerprint density at radius 1 is 1.19 bits per heavy atom. The summed E-state index contributed by atoms with van der Waals surface area (Å²) in [6, 6.07) is 10.5. The molecule has 0 radical (unpaired) electrons. The Bertz CT molecular complexity index is 881. The number of carbonyl (C=O) groups is 1. The van der Waals surface area contributed by atoms with Crippen LogP contribution >= 0.6 is 0 Å². The van der Waals surface area contributed by atoms with Crippen molar-refractivity contribution in [3.05, 3.63) is 53.5 Å². The lowest BCUT2D eigenvalue weighted by atomic mass is 10.1. The number of aryl methyl sites for hydroxylation is 1. The normalized spacial score (nSPS) is 16.4. The van der Waals surface area contributed by atoms with Crippen LogP contribution in [0.2, 0.25) is 0 Å². The van der Waals surface area contributed by atoms with Gasteiger partial charge in [-0.05, 0) is 44.0 Å². The Morgan fingerprint density at radius 3 is 2.48 bits per heavy atom. The summed E-state index contributed by atoms with van der Waals surface area (Å²) in [5.74, 6) is 0.314. The largest absolute Gasteiger partial charge is 0.463 e. The van der Waals surface area contributed by atoms with Crippen LogP contribution in [0.4, 0.5) is 0 Å². The third-order valence-electron chi connectivity index (χ3n) is 4.73. The summed E-state index contributed by atoms with van der Waals surface area (Å²) < 4.78 is 37.0. The van der Waals surface area contributed by atoms with Gasteiger partial charge in [0.15, 0.2) is 0 Å². The number of nitrogens with zero attached hydrogens (tertiary/aromatic N) is 1. The molecule has 1 aromatic carbocycles. The lowest BCUT2D eigenvalue weighted by Gasteiger charge is -2.31. The molecule has 3 rings (SSSR count). The smallest absolute Gasteiger partial charge is 0.373 e. The first-order chi connectivity index (χ1) is 12.9. The minimum atomic E-state index is -3.44. The van der Waals surface area contributed by atoms with Crippen molar-refractivity contribution in [2.75, 3.05) is 20.2 Å². The first-order valence-corrected chi connectivity index (χ1v) is 10.3. The molecule has 0 atom stereocenters. The van der Waals surface area contributed by atoms with Gasteiger partial charge in [-0.3, -0.25) is 0 Å². The van der Waals surface area contributed by atoms with Gasteiger partial charge in [0.25, 0.3) is 0 Å². The summed E-state index contributed by atoms with van der Waals surface area (Å²) in [5, 5.41) is 3.36. The number of hydrogen-bond donors (Lipinski definition) is 1. The zero-order valence-electron chi connectivity index (χ0n) is 15.5. The summed E-state index contributed by atoms with van der Waals surface area (Å²) >= 11 is 0. The number of carbonyl (C=O) groups excluding carboxylic acids is 1. The average molecular weight is 392 g/mol. The fourth-order valence-electron chi connectivity index (χ4n) is 3.09. The van der Waals surface area contributed by atoms with E-state index in [2.05, 4.69) is 10.1 Å². The molecule has 1 fully saturated rings. The molecule has 27 heavy (non-hydrogen) atoms. The van der Waals surface area contributed by atoms with Crippen LogP contribution in [0.15, 0.2) is 45.7 Å². The molecule has 1 aliphatic heterocycles. The van der Waals surface area contributed by atoms with Gasteiger partial charge in [-0.1, -0.05) is 17.7 Å². The molecule has 7 nitrogen and oxygen atoms in total. The summed E-state index contributed by atoms with van der Waals surface area (Å²) in [6.07, 6.45) is 1.44. The number of esters is 1. The zero-order chi connectivity index (χ0) is 19.4. The number of hydrogen-bond acceptors (Lipinski definition) is 6. The average Bonchev–Trinajstić information content (AvgIpc) is 3.15. The predicted molar refractivity (Wildman–Crippen MR) is 99.8 cm³/mol. The van der Waals surface area contributed by atoms with E-state index >= 15 is 0 Å². The maximum atomic E-state index is 12.7. The Morgan fingerprint density at radius 2 is 1.85 bits per heavy atom. The Labute approximate surface area is 159 Å². The van der Waals surface area contributed by atoms with Gasteiger partial charge in [0.1, 0.15) is 5.76 Å². The predicted octanol–water partition coefficient (Wildman–Crippen LogP) is 2.32. The van der Waals surface area contributed by atoms with E-state index in [1.807, 2.05) is 19.1 Å². The second kappa shape index (κ2) is 8.24. The number of furan rings is 1. The van der Waals surface area contributed by atoms with Gasteiger partial charge in [-0.15, -0.1) is 0 Å². The van der Waals surface area contributed by atoms with Gasteiger partial charge in [0.2, 0.25) is 15.8 Å². The molecule has 2 heterocycles. The van der Waals surface area contributed by atoms with Crippen molar-refractivity contribution in [3.8, 4) is 0 Å². The van der Waals surface area contributed by atoms with E-state index in [9.17, 15) is 13.2 Å². The molecule has 146 valence electrons. The van der Waals surface area contributed by atoms with Crippen LogP contribution < -0.4 is 5.32 Å². The fourth-order valence-corrected chi connectivity index (χ4v) is 4.56. The van der Waals surface area contributed by atoms with Crippen LogP contribution in [0.25, 0.3) is 0 Å². The zero-order valence-corrected chi connectivity index (χ0v) is 16.3. The number of rotatable bonds is 6. The number of sulfonamides is 1.